The van der Waals surface area contributed by atoms with Crippen molar-refractivity contribution >= 4 is 5.91 Å². The van der Waals surface area contributed by atoms with Gasteiger partial charge in [-0.3, -0.25) is 4.79 Å². The Hall–Kier alpha value is -1.76. The number of amides is 1. The van der Waals surface area contributed by atoms with Crippen molar-refractivity contribution in [3.8, 4) is 5.75 Å². The Morgan fingerprint density at radius 1 is 1.33 bits per heavy atom. The minimum absolute atomic E-state index is 0.0368. The molecule has 1 aromatic rings. The SMILES string of the molecule is O=C(NCc1ccccc1OC(F)(F)F)[C@H]1CCCCO1. The third-order valence-electron chi connectivity index (χ3n) is 3.12. The van der Waals surface area contributed by atoms with Crippen molar-refractivity contribution in [3.63, 3.8) is 0 Å². The van der Waals surface area contributed by atoms with E-state index >= 15 is 0 Å². The number of carbonyl (C=O) groups is 1. The van der Waals surface area contributed by atoms with Crippen LogP contribution in [-0.4, -0.2) is 25.0 Å². The summed E-state index contributed by atoms with van der Waals surface area (Å²) in [6, 6.07) is 5.72. The van der Waals surface area contributed by atoms with Crippen LogP contribution in [0.5, 0.6) is 5.75 Å². The van der Waals surface area contributed by atoms with E-state index in [4.69, 9.17) is 4.74 Å². The molecule has 0 radical (unpaired) electrons. The third kappa shape index (κ3) is 4.93. The Morgan fingerprint density at radius 2 is 2.10 bits per heavy atom. The van der Waals surface area contributed by atoms with Crippen LogP contribution in [0.15, 0.2) is 24.3 Å². The van der Waals surface area contributed by atoms with Crippen molar-refractivity contribution in [1.29, 1.82) is 0 Å². The van der Waals surface area contributed by atoms with Gasteiger partial charge in [0.05, 0.1) is 0 Å². The van der Waals surface area contributed by atoms with Gasteiger partial charge in [0, 0.05) is 18.7 Å². The molecule has 0 aliphatic carbocycles. The second kappa shape index (κ2) is 6.80. The highest BCUT2D eigenvalue weighted by molar-refractivity contribution is 5.80. The predicted octanol–water partition coefficient (Wildman–Crippen LogP) is 2.77. The van der Waals surface area contributed by atoms with Gasteiger partial charge >= 0.3 is 6.36 Å². The zero-order valence-corrected chi connectivity index (χ0v) is 11.3. The first-order valence-corrected chi connectivity index (χ1v) is 6.69. The van der Waals surface area contributed by atoms with Crippen molar-refractivity contribution in [3.05, 3.63) is 29.8 Å². The number of hydrogen-bond acceptors (Lipinski definition) is 3. The molecule has 4 nitrogen and oxygen atoms in total. The van der Waals surface area contributed by atoms with Gasteiger partial charge in [0.2, 0.25) is 5.91 Å². The summed E-state index contributed by atoms with van der Waals surface area (Å²) in [5.41, 5.74) is 0.263. The Morgan fingerprint density at radius 3 is 2.76 bits per heavy atom. The largest absolute Gasteiger partial charge is 0.573 e. The quantitative estimate of drug-likeness (QED) is 0.930. The minimum atomic E-state index is -4.76. The number of benzene rings is 1. The van der Waals surface area contributed by atoms with Crippen LogP contribution in [0.3, 0.4) is 0 Å². The topological polar surface area (TPSA) is 47.6 Å². The fraction of sp³-hybridized carbons (Fsp3) is 0.500. The maximum absolute atomic E-state index is 12.3. The van der Waals surface area contributed by atoms with Crippen LogP contribution < -0.4 is 10.1 Å². The molecule has 0 bridgehead atoms. The summed E-state index contributed by atoms with van der Waals surface area (Å²) in [5, 5.41) is 2.58. The van der Waals surface area contributed by atoms with E-state index in [-0.39, 0.29) is 23.8 Å². The summed E-state index contributed by atoms with van der Waals surface area (Å²) in [6.07, 6.45) is -2.81. The van der Waals surface area contributed by atoms with Crippen LogP contribution in [0.1, 0.15) is 24.8 Å². The zero-order valence-electron chi connectivity index (χ0n) is 11.3. The zero-order chi connectivity index (χ0) is 15.3. The van der Waals surface area contributed by atoms with Gasteiger partial charge in [0.25, 0.3) is 0 Å². The lowest BCUT2D eigenvalue weighted by Gasteiger charge is -2.22. The summed E-state index contributed by atoms with van der Waals surface area (Å²) in [7, 11) is 0. The molecule has 1 atom stereocenters. The van der Waals surface area contributed by atoms with E-state index in [9.17, 15) is 18.0 Å². The normalized spacial score (nSPS) is 19.1. The lowest BCUT2D eigenvalue weighted by Crippen LogP contribution is -2.38. The average molecular weight is 303 g/mol. The van der Waals surface area contributed by atoms with Crippen molar-refractivity contribution in [1.82, 2.24) is 5.32 Å². The molecule has 1 saturated heterocycles. The molecule has 0 aromatic heterocycles. The van der Waals surface area contributed by atoms with Crippen molar-refractivity contribution < 1.29 is 27.4 Å². The highest BCUT2D eigenvalue weighted by Crippen LogP contribution is 2.26. The van der Waals surface area contributed by atoms with Crippen LogP contribution in [0.2, 0.25) is 0 Å². The molecule has 2 rings (SSSR count). The maximum Gasteiger partial charge on any atom is 0.573 e. The van der Waals surface area contributed by atoms with E-state index in [2.05, 4.69) is 10.1 Å². The Balaban J connectivity index is 1.94. The number of alkyl halides is 3. The number of rotatable bonds is 4. The number of hydrogen-bond donors (Lipinski definition) is 1. The van der Waals surface area contributed by atoms with Gasteiger partial charge in [-0.15, -0.1) is 13.2 Å². The fourth-order valence-electron chi connectivity index (χ4n) is 2.12. The smallest absolute Gasteiger partial charge is 0.405 e. The Kier molecular flexibility index (Phi) is 5.06. The molecular weight excluding hydrogens is 287 g/mol. The van der Waals surface area contributed by atoms with Gasteiger partial charge in [0.1, 0.15) is 11.9 Å². The lowest BCUT2D eigenvalue weighted by molar-refractivity contribution is -0.274. The summed E-state index contributed by atoms with van der Waals surface area (Å²) < 4.78 is 46.1. The van der Waals surface area contributed by atoms with Crippen molar-refractivity contribution in [2.75, 3.05) is 6.61 Å². The third-order valence-corrected chi connectivity index (χ3v) is 3.12. The van der Waals surface area contributed by atoms with Gasteiger partial charge in [-0.1, -0.05) is 18.2 Å². The molecule has 7 heteroatoms. The molecule has 1 aliphatic rings. The Labute approximate surface area is 120 Å². The van der Waals surface area contributed by atoms with E-state index < -0.39 is 12.5 Å². The molecule has 1 amide bonds. The first-order chi connectivity index (χ1) is 9.96. The predicted molar refractivity (Wildman–Crippen MR) is 68.6 cm³/mol. The maximum atomic E-state index is 12.3. The van der Waals surface area contributed by atoms with Gasteiger partial charge in [-0.25, -0.2) is 0 Å². The van der Waals surface area contributed by atoms with Crippen LogP contribution in [-0.2, 0) is 16.1 Å². The number of nitrogens with one attached hydrogen (secondary N) is 1. The second-order valence-electron chi connectivity index (χ2n) is 4.73. The standard InChI is InChI=1S/C14H16F3NO3/c15-14(16,17)21-11-6-2-1-5-10(11)9-18-13(19)12-7-3-4-8-20-12/h1-2,5-6,12H,3-4,7-9H2,(H,18,19)/t12-/m1/s1. The monoisotopic (exact) mass is 303 g/mol. The van der Waals surface area contributed by atoms with E-state index in [0.29, 0.717) is 13.0 Å². The molecule has 1 aliphatic heterocycles. The number of halogens is 3. The van der Waals surface area contributed by atoms with Crippen molar-refractivity contribution in [2.24, 2.45) is 0 Å². The molecule has 21 heavy (non-hydrogen) atoms. The molecule has 0 saturated carbocycles. The van der Waals surface area contributed by atoms with E-state index in [1.54, 1.807) is 6.07 Å². The molecule has 116 valence electrons. The second-order valence-corrected chi connectivity index (χ2v) is 4.73. The molecule has 1 aromatic carbocycles. The first-order valence-electron chi connectivity index (χ1n) is 6.69. The lowest BCUT2D eigenvalue weighted by atomic mass is 10.1. The van der Waals surface area contributed by atoms with Crippen LogP contribution in [0, 0.1) is 0 Å². The molecule has 0 spiro atoms. The fourth-order valence-corrected chi connectivity index (χ4v) is 2.12. The highest BCUT2D eigenvalue weighted by Gasteiger charge is 2.32. The molecule has 1 fully saturated rings. The molecule has 1 heterocycles. The van der Waals surface area contributed by atoms with Gasteiger partial charge in [-0.2, -0.15) is 0 Å². The van der Waals surface area contributed by atoms with Crippen LogP contribution in [0.4, 0.5) is 13.2 Å². The number of carbonyl (C=O) groups excluding carboxylic acids is 1. The molecule has 1 N–H and O–H groups in total. The molecular formula is C14H16F3NO3. The first kappa shape index (κ1) is 15.6. The van der Waals surface area contributed by atoms with E-state index in [1.165, 1.54) is 18.2 Å². The van der Waals surface area contributed by atoms with E-state index in [0.717, 1.165) is 12.8 Å². The minimum Gasteiger partial charge on any atom is -0.405 e. The van der Waals surface area contributed by atoms with E-state index in [1.807, 2.05) is 0 Å². The van der Waals surface area contributed by atoms with Gasteiger partial charge in [-0.05, 0) is 25.3 Å². The summed E-state index contributed by atoms with van der Waals surface area (Å²) in [6.45, 7) is 0.497. The summed E-state index contributed by atoms with van der Waals surface area (Å²) >= 11 is 0. The van der Waals surface area contributed by atoms with Crippen molar-refractivity contribution in [2.45, 2.75) is 38.3 Å². The molecule has 0 unspecified atom stereocenters. The van der Waals surface area contributed by atoms with Crippen LogP contribution in [0.25, 0.3) is 0 Å². The van der Waals surface area contributed by atoms with Crippen LogP contribution >= 0.6 is 0 Å². The average Bonchev–Trinajstić information content (AvgIpc) is 2.45. The van der Waals surface area contributed by atoms with Gasteiger partial charge < -0.3 is 14.8 Å². The number of para-hydroxylation sites is 1. The highest BCUT2D eigenvalue weighted by atomic mass is 19.4. The van der Waals surface area contributed by atoms with Gasteiger partial charge in [0.15, 0.2) is 0 Å². The number of ether oxygens (including phenoxy) is 2. The Bertz CT molecular complexity index is 485. The summed E-state index contributed by atoms with van der Waals surface area (Å²) in [4.78, 5) is 11.9. The summed E-state index contributed by atoms with van der Waals surface area (Å²) in [5.74, 6) is -0.619.